The number of fused-ring (bicyclic) bond motifs is 4. The maximum absolute atomic E-state index is 6.90. The fourth-order valence-electron chi connectivity index (χ4n) is 9.82. The number of nitrogens with zero attached hydrogens (tertiary/aromatic N) is 4. The number of hydrogen-bond donors (Lipinski definition) is 0. The van der Waals surface area contributed by atoms with E-state index < -0.39 is 0 Å². The van der Waals surface area contributed by atoms with Gasteiger partial charge in [-0.3, -0.25) is 4.57 Å². The van der Waals surface area contributed by atoms with Crippen molar-refractivity contribution in [2.45, 2.75) is 78.6 Å². The van der Waals surface area contributed by atoms with E-state index in [0.717, 1.165) is 73.0 Å². The third-order valence-corrected chi connectivity index (χ3v) is 13.9. The molecule has 71 heavy (non-hydrogen) atoms. The molecule has 1 aliphatic rings. The van der Waals surface area contributed by atoms with Crippen LogP contribution in [0.4, 0.5) is 22.7 Å². The van der Waals surface area contributed by atoms with E-state index in [1.54, 1.807) is 0 Å². The van der Waals surface area contributed by atoms with Crippen LogP contribution in [0.2, 0.25) is 0 Å². The Balaban J connectivity index is 1.05. The molecule has 5 nitrogen and oxygen atoms in total. The summed E-state index contributed by atoms with van der Waals surface area (Å²) < 4.78 is 13.6. The average molecular weight is 925 g/mol. The van der Waals surface area contributed by atoms with Crippen LogP contribution in [0.5, 0.6) is 11.5 Å². The molecule has 8 aromatic carbocycles. The van der Waals surface area contributed by atoms with Gasteiger partial charge in [-0.15, -0.1) is 0 Å². The molecule has 1 aliphatic heterocycles. The van der Waals surface area contributed by atoms with Gasteiger partial charge in [0.15, 0.2) is 0 Å². The second-order valence-corrected chi connectivity index (χ2v) is 22.0. The van der Waals surface area contributed by atoms with E-state index in [2.05, 4.69) is 270 Å². The van der Waals surface area contributed by atoms with Crippen LogP contribution in [0.25, 0.3) is 61.0 Å². The molecule has 11 rings (SSSR count). The van der Waals surface area contributed by atoms with E-state index in [0.29, 0.717) is 0 Å². The van der Waals surface area contributed by atoms with Gasteiger partial charge in [0.1, 0.15) is 17.3 Å². The highest BCUT2D eigenvalue weighted by Crippen LogP contribution is 2.46. The van der Waals surface area contributed by atoms with Crippen LogP contribution >= 0.6 is 0 Å². The Hall–Kier alpha value is -8.11. The first kappa shape index (κ1) is 45.3. The van der Waals surface area contributed by atoms with Crippen molar-refractivity contribution in [2.75, 3.05) is 0 Å². The molecule has 0 unspecified atom stereocenters. The van der Waals surface area contributed by atoms with E-state index in [1.807, 2.05) is 12.3 Å². The molecule has 0 radical (unpaired) electrons. The van der Waals surface area contributed by atoms with Crippen molar-refractivity contribution in [3.05, 3.63) is 217 Å². The summed E-state index contributed by atoms with van der Waals surface area (Å²) in [7, 11) is 0. The molecule has 5 heteroatoms. The van der Waals surface area contributed by atoms with Gasteiger partial charge in [0, 0.05) is 47.3 Å². The third kappa shape index (κ3) is 8.68. The average Bonchev–Trinajstić information content (AvgIpc) is 3.92. The summed E-state index contributed by atoms with van der Waals surface area (Å²) in [4.78, 5) is 4.97. The first-order valence-corrected chi connectivity index (χ1v) is 24.8. The van der Waals surface area contributed by atoms with Gasteiger partial charge < -0.3 is 4.74 Å². The fraction of sp³-hybridized carbons (Fsp3) is 0.182. The lowest BCUT2D eigenvalue weighted by atomic mass is 9.80. The minimum Gasteiger partial charge on any atom is -0.457 e. The SMILES string of the molecule is CC(C)(C)c1cc([N+]2=C=[N+](c3cccc(Oc4ccc5c6cc(-c7ccccc7)ccc6n(-c6cc(C(C)(C)C)ccn6)c5c4)c3)c3cccc(-c4cccc(-c5ccccc5)c4)c32)cc(C(C)(C)C)c1. The molecular formula is C66H60N4O+2. The minimum atomic E-state index is -0.0666. The largest absolute Gasteiger partial charge is 0.503 e. The predicted octanol–water partition coefficient (Wildman–Crippen LogP) is 17.7. The zero-order valence-corrected chi connectivity index (χ0v) is 42.2. The third-order valence-electron chi connectivity index (χ3n) is 13.9. The molecule has 0 spiro atoms. The van der Waals surface area contributed by atoms with Gasteiger partial charge in [0.25, 0.3) is 5.69 Å². The first-order valence-electron chi connectivity index (χ1n) is 24.8. The van der Waals surface area contributed by atoms with Crippen molar-refractivity contribution in [3.8, 4) is 50.7 Å². The molecular weight excluding hydrogens is 865 g/mol. The molecule has 0 saturated carbocycles. The zero-order chi connectivity index (χ0) is 49.2. The van der Waals surface area contributed by atoms with Gasteiger partial charge >= 0.3 is 11.7 Å². The molecule has 0 amide bonds. The van der Waals surface area contributed by atoms with E-state index in [-0.39, 0.29) is 16.2 Å². The Bertz CT molecular complexity index is 3730. The lowest BCUT2D eigenvalue weighted by Crippen LogP contribution is -2.17. The van der Waals surface area contributed by atoms with Gasteiger partial charge in [-0.25, -0.2) is 4.98 Å². The van der Waals surface area contributed by atoms with Crippen molar-refractivity contribution in [1.82, 2.24) is 18.7 Å². The molecule has 348 valence electrons. The van der Waals surface area contributed by atoms with Crippen molar-refractivity contribution >= 4 is 50.6 Å². The van der Waals surface area contributed by atoms with Gasteiger partial charge in [-0.05, 0) is 125 Å². The van der Waals surface area contributed by atoms with Crippen LogP contribution in [0.3, 0.4) is 0 Å². The Labute approximate surface area is 418 Å². The molecule has 0 atom stereocenters. The fourth-order valence-corrected chi connectivity index (χ4v) is 9.82. The molecule has 0 saturated heterocycles. The smallest absolute Gasteiger partial charge is 0.457 e. The standard InChI is InChI=1S/C66H60N4O/c1-64(2,3)49-33-34-67-62(40-49)70-59-32-29-47(45-21-14-11-15-22-45)36-58(59)57-31-30-55(42-61(57)70)71-54-26-17-25-52(41-54)68-43-69(53-38-50(65(4,5)6)37-51(39-53)66(7,8)9)63-56(27-18-28-60(63)68)48-24-16-23-46(35-48)44-19-12-10-13-20-44/h10-42H,1-9H3/q+2. The van der Waals surface area contributed by atoms with Gasteiger partial charge in [0.2, 0.25) is 11.4 Å². The lowest BCUT2D eigenvalue weighted by Gasteiger charge is -2.24. The highest BCUT2D eigenvalue weighted by atomic mass is 16.5. The molecule has 3 heterocycles. The molecule has 0 bridgehead atoms. The van der Waals surface area contributed by atoms with E-state index in [1.165, 1.54) is 38.9 Å². The molecule has 0 fully saturated rings. The second-order valence-electron chi connectivity index (χ2n) is 22.0. The Kier molecular flexibility index (Phi) is 11.1. The van der Waals surface area contributed by atoms with Crippen molar-refractivity contribution in [3.63, 3.8) is 0 Å². The minimum absolute atomic E-state index is 0.0429. The molecule has 2 aromatic heterocycles. The summed E-state index contributed by atoms with van der Waals surface area (Å²) >= 11 is 0. The van der Waals surface area contributed by atoms with Crippen LogP contribution in [-0.4, -0.2) is 15.6 Å². The number of rotatable bonds is 8. The number of ether oxygens (including phenoxy) is 1. The monoisotopic (exact) mass is 924 g/mol. The first-order chi connectivity index (χ1) is 34.1. The van der Waals surface area contributed by atoms with Crippen LogP contribution < -0.4 is 13.9 Å². The Morgan fingerprint density at radius 2 is 1.04 bits per heavy atom. The van der Waals surface area contributed by atoms with E-state index in [4.69, 9.17) is 9.72 Å². The van der Waals surface area contributed by atoms with Gasteiger partial charge in [-0.1, -0.05) is 165 Å². The van der Waals surface area contributed by atoms with Gasteiger partial charge in [0.05, 0.1) is 22.7 Å². The van der Waals surface area contributed by atoms with Crippen molar-refractivity contribution in [2.24, 2.45) is 0 Å². The maximum Gasteiger partial charge on any atom is 0.503 e. The summed E-state index contributed by atoms with van der Waals surface area (Å²) in [6.07, 6.45) is 1.93. The number of para-hydroxylation sites is 1. The van der Waals surface area contributed by atoms with Crippen LogP contribution in [0, 0.1) is 0 Å². The van der Waals surface area contributed by atoms with Gasteiger partial charge in [-0.2, -0.15) is 0 Å². The summed E-state index contributed by atoms with van der Waals surface area (Å²) in [5.41, 5.74) is 16.9. The van der Waals surface area contributed by atoms with E-state index in [9.17, 15) is 0 Å². The van der Waals surface area contributed by atoms with Crippen LogP contribution in [0.1, 0.15) is 79.0 Å². The summed E-state index contributed by atoms with van der Waals surface area (Å²) in [5, 5.41) is 2.30. The van der Waals surface area contributed by atoms with Crippen molar-refractivity contribution < 1.29 is 4.74 Å². The Morgan fingerprint density at radius 1 is 0.423 bits per heavy atom. The number of hydrogen-bond acceptors (Lipinski definition) is 2. The van der Waals surface area contributed by atoms with Crippen LogP contribution in [-0.2, 0) is 16.2 Å². The zero-order valence-electron chi connectivity index (χ0n) is 42.2. The molecule has 0 N–H and O–H groups in total. The number of aromatic nitrogens is 2. The highest BCUT2D eigenvalue weighted by molar-refractivity contribution is 6.10. The summed E-state index contributed by atoms with van der Waals surface area (Å²) in [5.74, 6) is 2.34. The van der Waals surface area contributed by atoms with Crippen LogP contribution in [0.15, 0.2) is 200 Å². The lowest BCUT2D eigenvalue weighted by molar-refractivity contribution is 0.483. The normalized spacial score (nSPS) is 12.8. The molecule has 10 aromatic rings. The second kappa shape index (κ2) is 17.4. The topological polar surface area (TPSA) is 33.1 Å². The summed E-state index contributed by atoms with van der Waals surface area (Å²) in [6.45, 7) is 20.5. The quantitative estimate of drug-likeness (QED) is 0.142. The summed E-state index contributed by atoms with van der Waals surface area (Å²) in [6, 6.07) is 73.6. The van der Waals surface area contributed by atoms with Crippen molar-refractivity contribution in [1.29, 1.82) is 0 Å². The van der Waals surface area contributed by atoms with E-state index >= 15 is 0 Å². The Morgan fingerprint density at radius 3 is 1.73 bits per heavy atom. The number of pyridine rings is 1. The number of benzene rings is 8. The molecule has 0 aliphatic carbocycles. The predicted molar refractivity (Wildman–Crippen MR) is 298 cm³/mol. The highest BCUT2D eigenvalue weighted by Gasteiger charge is 2.40. The maximum atomic E-state index is 6.90.